The number of allylic oxidation sites excluding steroid dienone is 1. The Morgan fingerprint density at radius 3 is 1.78 bits per heavy atom. The molecule has 0 fully saturated rings. The summed E-state index contributed by atoms with van der Waals surface area (Å²) in [5.74, 6) is 0. The first-order valence-electron chi connectivity index (χ1n) is 9.37. The first kappa shape index (κ1) is 22.3. The highest BCUT2D eigenvalue weighted by Gasteiger charge is 2.19. The second kappa shape index (κ2) is 16.2. The molecular formula is C19H37NO3. The topological polar surface area (TPSA) is 83.6 Å². The van der Waals surface area contributed by atoms with Crippen molar-refractivity contribution >= 4 is 6.29 Å². The molecule has 0 aromatic heterocycles. The van der Waals surface area contributed by atoms with Gasteiger partial charge in [0.05, 0.1) is 12.1 Å². The van der Waals surface area contributed by atoms with Gasteiger partial charge in [-0.25, -0.2) is 0 Å². The smallest absolute Gasteiger partial charge is 0.150 e. The monoisotopic (exact) mass is 327 g/mol. The summed E-state index contributed by atoms with van der Waals surface area (Å²) in [5.41, 5.74) is 5.54. The summed E-state index contributed by atoms with van der Waals surface area (Å²) in [4.78, 5) is 10.4. The van der Waals surface area contributed by atoms with Crippen LogP contribution >= 0.6 is 0 Å². The number of unbranched alkanes of at least 4 members (excludes halogenated alkanes) is 11. The van der Waals surface area contributed by atoms with Crippen LogP contribution in [0.1, 0.15) is 84.0 Å². The SMILES string of the molecule is CCCCCCCCCCCCC/C=C/[C@@H](O)[C@@H](N)C(O)C=O. The maximum absolute atomic E-state index is 10.4. The van der Waals surface area contributed by atoms with Crippen molar-refractivity contribution in [3.63, 3.8) is 0 Å². The summed E-state index contributed by atoms with van der Waals surface area (Å²) in [6.45, 7) is 2.25. The van der Waals surface area contributed by atoms with Gasteiger partial charge in [-0.3, -0.25) is 0 Å². The lowest BCUT2D eigenvalue weighted by atomic mass is 10.0. The van der Waals surface area contributed by atoms with Gasteiger partial charge in [0.2, 0.25) is 0 Å². The molecule has 0 aliphatic heterocycles. The van der Waals surface area contributed by atoms with Gasteiger partial charge < -0.3 is 20.7 Å². The third-order valence-electron chi connectivity index (χ3n) is 4.24. The van der Waals surface area contributed by atoms with Crippen molar-refractivity contribution < 1.29 is 15.0 Å². The summed E-state index contributed by atoms with van der Waals surface area (Å²) in [6.07, 6.45) is 16.9. The number of hydrogen-bond donors (Lipinski definition) is 3. The second-order valence-electron chi connectivity index (χ2n) is 6.45. The van der Waals surface area contributed by atoms with E-state index in [1.54, 1.807) is 6.08 Å². The van der Waals surface area contributed by atoms with E-state index in [1.807, 2.05) is 6.08 Å². The van der Waals surface area contributed by atoms with Crippen LogP contribution in [0.25, 0.3) is 0 Å². The van der Waals surface area contributed by atoms with E-state index >= 15 is 0 Å². The van der Waals surface area contributed by atoms with E-state index < -0.39 is 18.2 Å². The predicted molar refractivity (Wildman–Crippen MR) is 96.3 cm³/mol. The zero-order valence-corrected chi connectivity index (χ0v) is 14.8. The minimum Gasteiger partial charge on any atom is -0.387 e. The molecule has 0 heterocycles. The Morgan fingerprint density at radius 2 is 1.30 bits per heavy atom. The molecule has 1 unspecified atom stereocenters. The van der Waals surface area contributed by atoms with Gasteiger partial charge in [0, 0.05) is 0 Å². The average Bonchev–Trinajstić information content (AvgIpc) is 2.57. The predicted octanol–water partition coefficient (Wildman–Crippen LogP) is 3.49. The molecule has 0 saturated carbocycles. The van der Waals surface area contributed by atoms with Crippen molar-refractivity contribution in [2.75, 3.05) is 0 Å². The molecule has 4 N–H and O–H groups in total. The molecule has 0 aromatic rings. The number of carbonyl (C=O) groups is 1. The van der Waals surface area contributed by atoms with E-state index in [0.717, 1.165) is 12.8 Å². The van der Waals surface area contributed by atoms with Crippen LogP contribution in [0.15, 0.2) is 12.2 Å². The van der Waals surface area contributed by atoms with E-state index in [9.17, 15) is 15.0 Å². The van der Waals surface area contributed by atoms with Gasteiger partial charge in [0.1, 0.15) is 12.4 Å². The van der Waals surface area contributed by atoms with Crippen LogP contribution < -0.4 is 5.73 Å². The van der Waals surface area contributed by atoms with Gasteiger partial charge in [0.25, 0.3) is 0 Å². The molecule has 4 heteroatoms. The summed E-state index contributed by atoms with van der Waals surface area (Å²) < 4.78 is 0. The van der Waals surface area contributed by atoms with E-state index in [-0.39, 0.29) is 0 Å². The van der Waals surface area contributed by atoms with Crippen LogP contribution in [0.4, 0.5) is 0 Å². The van der Waals surface area contributed by atoms with Crippen molar-refractivity contribution in [2.24, 2.45) is 5.73 Å². The Balaban J connectivity index is 3.38. The van der Waals surface area contributed by atoms with Gasteiger partial charge in [-0.2, -0.15) is 0 Å². The molecule has 0 amide bonds. The van der Waals surface area contributed by atoms with Crippen LogP contribution in [-0.4, -0.2) is 34.7 Å². The third kappa shape index (κ3) is 13.4. The Hall–Kier alpha value is -0.710. The van der Waals surface area contributed by atoms with E-state index in [1.165, 1.54) is 64.2 Å². The fourth-order valence-electron chi connectivity index (χ4n) is 2.58. The van der Waals surface area contributed by atoms with Crippen molar-refractivity contribution in [3.05, 3.63) is 12.2 Å². The molecule has 0 radical (unpaired) electrons. The Morgan fingerprint density at radius 1 is 0.826 bits per heavy atom. The first-order valence-corrected chi connectivity index (χ1v) is 9.37. The Kier molecular flexibility index (Phi) is 15.7. The number of carbonyl (C=O) groups excluding carboxylic acids is 1. The average molecular weight is 328 g/mol. The van der Waals surface area contributed by atoms with Crippen LogP contribution in [-0.2, 0) is 4.79 Å². The van der Waals surface area contributed by atoms with Gasteiger partial charge in [-0.05, 0) is 12.8 Å². The highest BCUT2D eigenvalue weighted by molar-refractivity contribution is 5.57. The summed E-state index contributed by atoms with van der Waals surface area (Å²) in [5, 5.41) is 18.9. The minimum absolute atomic E-state index is 0.353. The molecule has 23 heavy (non-hydrogen) atoms. The van der Waals surface area contributed by atoms with Crippen molar-refractivity contribution in [2.45, 2.75) is 102 Å². The zero-order chi connectivity index (χ0) is 17.3. The normalized spacial score (nSPS) is 15.7. The maximum Gasteiger partial charge on any atom is 0.150 e. The molecule has 0 aliphatic carbocycles. The molecule has 0 spiro atoms. The molecular weight excluding hydrogens is 290 g/mol. The summed E-state index contributed by atoms with van der Waals surface area (Å²) in [6, 6.07) is -0.943. The number of aliphatic hydroxyl groups excluding tert-OH is 2. The molecule has 0 saturated heterocycles. The third-order valence-corrected chi connectivity index (χ3v) is 4.24. The quantitative estimate of drug-likeness (QED) is 0.230. The van der Waals surface area contributed by atoms with Crippen LogP contribution in [0.3, 0.4) is 0 Å². The van der Waals surface area contributed by atoms with Crippen LogP contribution in [0, 0.1) is 0 Å². The standard InChI is InChI=1S/C19H37NO3/c1-2-3-4-5-6-7-8-9-10-11-12-13-14-15-17(22)19(20)18(23)16-21/h14-19,22-23H,2-13,20H2,1H3/b15-14+/t17-,18?,19-/m1/s1. The van der Waals surface area contributed by atoms with Gasteiger partial charge >= 0.3 is 0 Å². The fraction of sp³-hybridized carbons (Fsp3) is 0.842. The van der Waals surface area contributed by atoms with Crippen molar-refractivity contribution in [1.29, 1.82) is 0 Å². The number of rotatable bonds is 16. The van der Waals surface area contributed by atoms with Gasteiger partial charge in [-0.15, -0.1) is 0 Å². The molecule has 4 nitrogen and oxygen atoms in total. The minimum atomic E-state index is -1.31. The molecule has 0 rings (SSSR count). The van der Waals surface area contributed by atoms with Gasteiger partial charge in [-0.1, -0.05) is 83.3 Å². The lowest BCUT2D eigenvalue weighted by molar-refractivity contribution is -0.116. The fourth-order valence-corrected chi connectivity index (χ4v) is 2.58. The number of aliphatic hydroxyl groups is 2. The second-order valence-corrected chi connectivity index (χ2v) is 6.45. The van der Waals surface area contributed by atoms with E-state index in [2.05, 4.69) is 6.92 Å². The molecule has 0 aliphatic rings. The molecule has 3 atom stereocenters. The van der Waals surface area contributed by atoms with Crippen LogP contribution in [0.5, 0.6) is 0 Å². The maximum atomic E-state index is 10.4. The lowest BCUT2D eigenvalue weighted by Crippen LogP contribution is -2.44. The first-order chi connectivity index (χ1) is 11.1. The number of aldehydes is 1. The lowest BCUT2D eigenvalue weighted by Gasteiger charge is -2.17. The molecule has 136 valence electrons. The van der Waals surface area contributed by atoms with Crippen molar-refractivity contribution in [3.8, 4) is 0 Å². The number of nitrogens with two attached hydrogens (primary N) is 1. The van der Waals surface area contributed by atoms with E-state index in [0.29, 0.717) is 6.29 Å². The highest BCUT2D eigenvalue weighted by Crippen LogP contribution is 2.12. The molecule has 0 bridgehead atoms. The Labute approximate surface area is 142 Å². The highest BCUT2D eigenvalue weighted by atomic mass is 16.3. The number of hydrogen-bond acceptors (Lipinski definition) is 4. The summed E-state index contributed by atoms with van der Waals surface area (Å²) >= 11 is 0. The zero-order valence-electron chi connectivity index (χ0n) is 14.8. The largest absolute Gasteiger partial charge is 0.387 e. The van der Waals surface area contributed by atoms with Gasteiger partial charge in [0.15, 0.2) is 0 Å². The van der Waals surface area contributed by atoms with E-state index in [4.69, 9.17) is 5.73 Å². The molecule has 0 aromatic carbocycles. The van der Waals surface area contributed by atoms with Crippen LogP contribution in [0.2, 0.25) is 0 Å². The Bertz CT molecular complexity index is 294. The summed E-state index contributed by atoms with van der Waals surface area (Å²) in [7, 11) is 0. The van der Waals surface area contributed by atoms with Crippen molar-refractivity contribution in [1.82, 2.24) is 0 Å².